The van der Waals surface area contributed by atoms with Gasteiger partial charge in [0.15, 0.2) is 5.96 Å². The number of nitrogens with zero attached hydrogens (tertiary/aromatic N) is 3. The first kappa shape index (κ1) is 19.7. The lowest BCUT2D eigenvalue weighted by molar-refractivity contribution is 0.683. The molecule has 0 aliphatic carbocycles. The predicted molar refractivity (Wildman–Crippen MR) is 116 cm³/mol. The van der Waals surface area contributed by atoms with Gasteiger partial charge in [-0.3, -0.25) is 4.99 Å². The number of nitrogens with one attached hydrogen (secondary N) is 2. The van der Waals surface area contributed by atoms with Gasteiger partial charge in [-0.15, -0.1) is 11.3 Å². The van der Waals surface area contributed by atoms with Crippen LogP contribution in [0.5, 0.6) is 0 Å². The smallest absolute Gasteiger partial charge is 0.191 e. The molecule has 3 rings (SSSR count). The summed E-state index contributed by atoms with van der Waals surface area (Å²) in [7, 11) is 1.82. The normalized spacial score (nSPS) is 15.8. The van der Waals surface area contributed by atoms with Crippen molar-refractivity contribution in [2.24, 2.45) is 4.99 Å². The number of aliphatic imine (C=N–C) groups is 1. The summed E-state index contributed by atoms with van der Waals surface area (Å²) in [5.41, 5.74) is 2.62. The van der Waals surface area contributed by atoms with E-state index in [0.29, 0.717) is 0 Å². The molecule has 0 saturated carbocycles. The molecule has 1 aromatic carbocycles. The van der Waals surface area contributed by atoms with Gasteiger partial charge in [-0.05, 0) is 43.9 Å². The van der Waals surface area contributed by atoms with E-state index in [1.807, 2.05) is 13.2 Å². The van der Waals surface area contributed by atoms with Crippen molar-refractivity contribution in [2.75, 3.05) is 31.6 Å². The third-order valence-corrected chi connectivity index (χ3v) is 6.20. The highest BCUT2D eigenvalue weighted by atomic mass is 32.1. The first-order chi connectivity index (χ1) is 13.2. The molecule has 1 aliphatic rings. The van der Waals surface area contributed by atoms with E-state index in [1.54, 1.807) is 11.3 Å². The molecule has 1 saturated heterocycles. The van der Waals surface area contributed by atoms with Crippen LogP contribution in [0.4, 0.5) is 5.69 Å². The Morgan fingerprint density at radius 1 is 1.33 bits per heavy atom. The highest BCUT2D eigenvalue weighted by Gasteiger charge is 2.14. The summed E-state index contributed by atoms with van der Waals surface area (Å²) in [4.78, 5) is 12.7. The SMILES string of the molecule is CCc1cnc(CCNC(=NC)NC(C)c2cccc(N3CCCC3)c2)s1. The van der Waals surface area contributed by atoms with E-state index < -0.39 is 0 Å². The molecule has 2 N–H and O–H groups in total. The Morgan fingerprint density at radius 2 is 2.15 bits per heavy atom. The van der Waals surface area contributed by atoms with Crippen LogP contribution in [-0.4, -0.2) is 37.6 Å². The standard InChI is InChI=1S/C21H31N5S/c1-4-19-15-24-20(27-19)10-11-23-21(22-3)25-16(2)17-8-7-9-18(14-17)26-12-5-6-13-26/h7-9,14-16H,4-6,10-13H2,1-3H3,(H2,22,23,25). The highest BCUT2D eigenvalue weighted by Crippen LogP contribution is 2.24. The van der Waals surface area contributed by atoms with Crippen LogP contribution in [0.25, 0.3) is 0 Å². The summed E-state index contributed by atoms with van der Waals surface area (Å²) in [5.74, 6) is 0.835. The molecular weight excluding hydrogens is 354 g/mol. The number of hydrogen-bond donors (Lipinski definition) is 2. The molecule has 5 nitrogen and oxygen atoms in total. The monoisotopic (exact) mass is 385 g/mol. The first-order valence-electron chi connectivity index (χ1n) is 9.95. The molecule has 1 fully saturated rings. The van der Waals surface area contributed by atoms with Crippen molar-refractivity contribution < 1.29 is 0 Å². The van der Waals surface area contributed by atoms with Crippen molar-refractivity contribution in [3.63, 3.8) is 0 Å². The molecule has 1 unspecified atom stereocenters. The summed E-state index contributed by atoms with van der Waals surface area (Å²) in [6.45, 7) is 7.53. The van der Waals surface area contributed by atoms with Crippen molar-refractivity contribution in [2.45, 2.75) is 45.6 Å². The maximum Gasteiger partial charge on any atom is 0.191 e. The maximum atomic E-state index is 4.48. The minimum absolute atomic E-state index is 0.199. The fourth-order valence-corrected chi connectivity index (χ4v) is 4.23. The van der Waals surface area contributed by atoms with Crippen LogP contribution in [0.15, 0.2) is 35.5 Å². The maximum absolute atomic E-state index is 4.48. The third kappa shape index (κ3) is 5.45. The fourth-order valence-electron chi connectivity index (χ4n) is 3.36. The molecule has 146 valence electrons. The van der Waals surface area contributed by atoms with Crippen molar-refractivity contribution >= 4 is 23.0 Å². The number of thiazole rings is 1. The minimum Gasteiger partial charge on any atom is -0.372 e. The van der Waals surface area contributed by atoms with E-state index in [4.69, 9.17) is 0 Å². The van der Waals surface area contributed by atoms with Gasteiger partial charge in [0.25, 0.3) is 0 Å². The Labute approximate surface area is 166 Å². The van der Waals surface area contributed by atoms with E-state index >= 15 is 0 Å². The zero-order chi connectivity index (χ0) is 19.1. The van der Waals surface area contributed by atoms with E-state index in [1.165, 1.54) is 47.1 Å². The first-order valence-corrected chi connectivity index (χ1v) is 10.8. The number of anilines is 1. The van der Waals surface area contributed by atoms with E-state index in [9.17, 15) is 0 Å². The second-order valence-electron chi connectivity index (χ2n) is 6.98. The number of benzene rings is 1. The number of guanidine groups is 1. The van der Waals surface area contributed by atoms with Gasteiger partial charge in [0, 0.05) is 49.9 Å². The predicted octanol–water partition coefficient (Wildman–Crippen LogP) is 3.77. The van der Waals surface area contributed by atoms with Crippen molar-refractivity contribution in [1.82, 2.24) is 15.6 Å². The van der Waals surface area contributed by atoms with Gasteiger partial charge in [-0.25, -0.2) is 4.98 Å². The molecule has 0 bridgehead atoms. The van der Waals surface area contributed by atoms with Crippen LogP contribution >= 0.6 is 11.3 Å². The van der Waals surface area contributed by atoms with Crippen molar-refractivity contribution in [3.05, 3.63) is 45.9 Å². The van der Waals surface area contributed by atoms with Gasteiger partial charge < -0.3 is 15.5 Å². The van der Waals surface area contributed by atoms with E-state index in [2.05, 4.69) is 63.6 Å². The van der Waals surface area contributed by atoms with E-state index in [-0.39, 0.29) is 6.04 Å². The number of aryl methyl sites for hydroxylation is 1. The lowest BCUT2D eigenvalue weighted by Gasteiger charge is -2.22. The van der Waals surface area contributed by atoms with E-state index in [0.717, 1.165) is 25.3 Å². The van der Waals surface area contributed by atoms with Gasteiger partial charge >= 0.3 is 0 Å². The molecule has 1 atom stereocenters. The zero-order valence-corrected chi connectivity index (χ0v) is 17.5. The topological polar surface area (TPSA) is 52.6 Å². The highest BCUT2D eigenvalue weighted by molar-refractivity contribution is 7.11. The van der Waals surface area contributed by atoms with Crippen LogP contribution in [0.2, 0.25) is 0 Å². The summed E-state index contributed by atoms with van der Waals surface area (Å²) >= 11 is 1.80. The molecule has 27 heavy (non-hydrogen) atoms. The van der Waals surface area contributed by atoms with Crippen LogP contribution in [-0.2, 0) is 12.8 Å². The van der Waals surface area contributed by atoms with Gasteiger partial charge in [0.1, 0.15) is 0 Å². The van der Waals surface area contributed by atoms with Crippen LogP contribution in [0.3, 0.4) is 0 Å². The Bertz CT molecular complexity index is 749. The Balaban J connectivity index is 1.52. The van der Waals surface area contributed by atoms with Crippen molar-refractivity contribution in [1.29, 1.82) is 0 Å². The van der Waals surface area contributed by atoms with Crippen molar-refractivity contribution in [3.8, 4) is 0 Å². The minimum atomic E-state index is 0.199. The number of hydrogen-bond acceptors (Lipinski definition) is 4. The molecule has 2 aromatic rings. The summed E-state index contributed by atoms with van der Waals surface area (Å²) in [6, 6.07) is 9.06. The largest absolute Gasteiger partial charge is 0.372 e. The summed E-state index contributed by atoms with van der Waals surface area (Å²) in [6.07, 6.45) is 6.57. The van der Waals surface area contributed by atoms with Crippen LogP contribution < -0.4 is 15.5 Å². The Morgan fingerprint density at radius 3 is 2.85 bits per heavy atom. The number of aromatic nitrogens is 1. The lowest BCUT2D eigenvalue weighted by atomic mass is 10.1. The lowest BCUT2D eigenvalue weighted by Crippen LogP contribution is -2.39. The molecular formula is C21H31N5S. The summed E-state index contributed by atoms with van der Waals surface area (Å²) < 4.78 is 0. The Kier molecular flexibility index (Phi) is 7.10. The molecule has 0 spiro atoms. The quantitative estimate of drug-likeness (QED) is 0.563. The Hall–Kier alpha value is -2.08. The summed E-state index contributed by atoms with van der Waals surface area (Å²) in [5, 5.41) is 8.10. The van der Waals surface area contributed by atoms with Crippen LogP contribution in [0, 0.1) is 0 Å². The second-order valence-corrected chi connectivity index (χ2v) is 8.18. The molecule has 6 heteroatoms. The van der Waals surface area contributed by atoms with Gasteiger partial charge in [0.05, 0.1) is 11.0 Å². The van der Waals surface area contributed by atoms with Gasteiger partial charge in [0.2, 0.25) is 0 Å². The zero-order valence-electron chi connectivity index (χ0n) is 16.7. The van der Waals surface area contributed by atoms with Gasteiger partial charge in [-0.2, -0.15) is 0 Å². The average molecular weight is 386 g/mol. The molecule has 0 radical (unpaired) electrons. The molecule has 0 amide bonds. The molecule has 2 heterocycles. The average Bonchev–Trinajstić information content (AvgIpc) is 3.39. The number of rotatable bonds is 7. The van der Waals surface area contributed by atoms with Crippen LogP contribution in [0.1, 0.15) is 48.2 Å². The third-order valence-electron chi connectivity index (χ3n) is 5.00. The van der Waals surface area contributed by atoms with Gasteiger partial charge in [-0.1, -0.05) is 19.1 Å². The molecule has 1 aromatic heterocycles. The molecule has 1 aliphatic heterocycles. The second kappa shape index (κ2) is 9.74. The fraction of sp³-hybridized carbons (Fsp3) is 0.524.